The van der Waals surface area contributed by atoms with E-state index in [1.54, 1.807) is 20.8 Å². The summed E-state index contributed by atoms with van der Waals surface area (Å²) in [5, 5.41) is 12.4. The summed E-state index contributed by atoms with van der Waals surface area (Å²) in [7, 11) is 0. The zero-order valence-electron chi connectivity index (χ0n) is 11.4. The van der Waals surface area contributed by atoms with E-state index >= 15 is 0 Å². The molecule has 0 saturated heterocycles. The van der Waals surface area contributed by atoms with Crippen molar-refractivity contribution in [1.29, 1.82) is 0 Å². The van der Waals surface area contributed by atoms with Crippen molar-refractivity contribution in [2.75, 3.05) is 6.54 Å². The number of ether oxygens (including phenoxy) is 1. The number of carbonyl (C=O) groups is 1. The highest BCUT2D eigenvalue weighted by molar-refractivity contribution is 5.67. The predicted octanol–water partition coefficient (Wildman–Crippen LogP) is 2.55. The number of hydrogen-bond donors (Lipinski definition) is 2. The number of hydrogen-bond acceptors (Lipinski definition) is 3. The molecule has 0 spiro atoms. The first-order valence-corrected chi connectivity index (χ1v) is 5.99. The molecule has 0 saturated carbocycles. The van der Waals surface area contributed by atoms with Crippen molar-refractivity contribution in [3.8, 4) is 0 Å². The standard InChI is InChI=1S/C14H21NO3/c1-10-5-7-11(8-6-10)12(16)9-15-13(17)18-14(2,3)4/h5-8,12,16H,9H2,1-4H3,(H,15,17)/t12-/m1/s1. The molecule has 2 N–H and O–H groups in total. The van der Waals surface area contributed by atoms with Gasteiger partial charge in [0.1, 0.15) is 5.60 Å². The fourth-order valence-electron chi connectivity index (χ4n) is 1.40. The molecule has 4 heteroatoms. The number of rotatable bonds is 3. The first kappa shape index (κ1) is 14.5. The van der Waals surface area contributed by atoms with Gasteiger partial charge in [-0.05, 0) is 33.3 Å². The molecule has 0 unspecified atom stereocenters. The molecule has 1 aromatic rings. The van der Waals surface area contributed by atoms with Crippen molar-refractivity contribution < 1.29 is 14.6 Å². The van der Waals surface area contributed by atoms with Crippen LogP contribution in [0.2, 0.25) is 0 Å². The van der Waals surface area contributed by atoms with Gasteiger partial charge in [0.05, 0.1) is 12.6 Å². The summed E-state index contributed by atoms with van der Waals surface area (Å²) in [6.45, 7) is 7.50. The Labute approximate surface area is 108 Å². The number of carbonyl (C=O) groups excluding carboxylic acids is 1. The predicted molar refractivity (Wildman–Crippen MR) is 70.4 cm³/mol. The quantitative estimate of drug-likeness (QED) is 0.868. The molecule has 18 heavy (non-hydrogen) atoms. The second kappa shape index (κ2) is 5.87. The van der Waals surface area contributed by atoms with E-state index < -0.39 is 17.8 Å². The molecule has 0 bridgehead atoms. The third-order valence-corrected chi connectivity index (χ3v) is 2.30. The molecule has 1 aromatic carbocycles. The molecule has 0 aliphatic carbocycles. The number of amides is 1. The summed E-state index contributed by atoms with van der Waals surface area (Å²) in [5.74, 6) is 0. The zero-order chi connectivity index (χ0) is 13.8. The molecule has 0 aliphatic rings. The van der Waals surface area contributed by atoms with Gasteiger partial charge in [-0.1, -0.05) is 29.8 Å². The highest BCUT2D eigenvalue weighted by Crippen LogP contribution is 2.13. The van der Waals surface area contributed by atoms with Gasteiger partial charge >= 0.3 is 6.09 Å². The molecule has 0 aromatic heterocycles. The minimum atomic E-state index is -0.724. The van der Waals surface area contributed by atoms with E-state index in [1.165, 1.54) is 0 Å². The Kier molecular flexibility index (Phi) is 4.73. The average Bonchev–Trinajstić information content (AvgIpc) is 2.24. The lowest BCUT2D eigenvalue weighted by molar-refractivity contribution is 0.0492. The van der Waals surface area contributed by atoms with Crippen molar-refractivity contribution in [1.82, 2.24) is 5.32 Å². The van der Waals surface area contributed by atoms with Gasteiger partial charge in [-0.3, -0.25) is 0 Å². The van der Waals surface area contributed by atoms with Crippen LogP contribution in [0, 0.1) is 6.92 Å². The highest BCUT2D eigenvalue weighted by atomic mass is 16.6. The molecule has 0 fully saturated rings. The maximum absolute atomic E-state index is 11.4. The summed E-state index contributed by atoms with van der Waals surface area (Å²) < 4.78 is 5.08. The second-order valence-electron chi connectivity index (χ2n) is 5.31. The third kappa shape index (κ3) is 5.19. The van der Waals surface area contributed by atoms with Crippen molar-refractivity contribution in [2.45, 2.75) is 39.4 Å². The molecule has 0 radical (unpaired) electrons. The first-order valence-electron chi connectivity index (χ1n) is 5.99. The summed E-state index contributed by atoms with van der Waals surface area (Å²) in [6.07, 6.45) is -1.24. The Balaban J connectivity index is 2.44. The van der Waals surface area contributed by atoms with Gasteiger partial charge in [0, 0.05) is 0 Å². The van der Waals surface area contributed by atoms with Crippen LogP contribution in [0.3, 0.4) is 0 Å². The fourth-order valence-corrected chi connectivity index (χ4v) is 1.40. The fraction of sp³-hybridized carbons (Fsp3) is 0.500. The van der Waals surface area contributed by atoms with E-state index in [0.717, 1.165) is 11.1 Å². The maximum atomic E-state index is 11.4. The van der Waals surface area contributed by atoms with Crippen molar-refractivity contribution >= 4 is 6.09 Å². The second-order valence-corrected chi connectivity index (χ2v) is 5.31. The van der Waals surface area contributed by atoms with Gasteiger partial charge in [0.25, 0.3) is 0 Å². The summed E-state index contributed by atoms with van der Waals surface area (Å²) >= 11 is 0. The highest BCUT2D eigenvalue weighted by Gasteiger charge is 2.17. The molecule has 0 aliphatic heterocycles. The molecular weight excluding hydrogens is 230 g/mol. The maximum Gasteiger partial charge on any atom is 0.407 e. The van der Waals surface area contributed by atoms with Crippen LogP contribution in [0.4, 0.5) is 4.79 Å². The third-order valence-electron chi connectivity index (χ3n) is 2.30. The Morgan fingerprint density at radius 3 is 2.39 bits per heavy atom. The van der Waals surface area contributed by atoms with Gasteiger partial charge in [-0.15, -0.1) is 0 Å². The number of aliphatic hydroxyl groups excluding tert-OH is 1. The molecule has 1 rings (SSSR count). The molecule has 1 atom stereocenters. The molecule has 0 heterocycles. The SMILES string of the molecule is Cc1ccc([C@H](O)CNC(=O)OC(C)(C)C)cc1. The van der Waals surface area contributed by atoms with Gasteiger partial charge in [0.2, 0.25) is 0 Å². The van der Waals surface area contributed by atoms with Crippen LogP contribution in [-0.2, 0) is 4.74 Å². The molecular formula is C14H21NO3. The Bertz CT molecular complexity index is 392. The van der Waals surface area contributed by atoms with E-state index in [1.807, 2.05) is 31.2 Å². The van der Waals surface area contributed by atoms with E-state index in [-0.39, 0.29) is 6.54 Å². The smallest absolute Gasteiger partial charge is 0.407 e. The Morgan fingerprint density at radius 2 is 1.89 bits per heavy atom. The van der Waals surface area contributed by atoms with Gasteiger partial charge < -0.3 is 15.2 Å². The molecule has 100 valence electrons. The zero-order valence-corrected chi connectivity index (χ0v) is 11.4. The van der Waals surface area contributed by atoms with Gasteiger partial charge in [-0.25, -0.2) is 4.79 Å². The number of alkyl carbamates (subject to hydrolysis) is 1. The van der Waals surface area contributed by atoms with Crippen LogP contribution < -0.4 is 5.32 Å². The van der Waals surface area contributed by atoms with E-state index in [9.17, 15) is 9.90 Å². The van der Waals surface area contributed by atoms with E-state index in [4.69, 9.17) is 4.74 Å². The van der Waals surface area contributed by atoms with Gasteiger partial charge in [-0.2, -0.15) is 0 Å². The number of aliphatic hydroxyl groups is 1. The van der Waals surface area contributed by atoms with Gasteiger partial charge in [0.15, 0.2) is 0 Å². The molecule has 1 amide bonds. The lowest BCUT2D eigenvalue weighted by Crippen LogP contribution is -2.34. The average molecular weight is 251 g/mol. The van der Waals surface area contributed by atoms with E-state index in [0.29, 0.717) is 0 Å². The first-order chi connectivity index (χ1) is 8.28. The number of benzene rings is 1. The summed E-state index contributed by atoms with van der Waals surface area (Å²) in [5.41, 5.74) is 1.38. The molecule has 4 nitrogen and oxygen atoms in total. The van der Waals surface area contributed by atoms with Crippen LogP contribution in [0.15, 0.2) is 24.3 Å². The van der Waals surface area contributed by atoms with E-state index in [2.05, 4.69) is 5.32 Å². The monoisotopic (exact) mass is 251 g/mol. The number of aryl methyl sites for hydroxylation is 1. The Hall–Kier alpha value is -1.55. The van der Waals surface area contributed by atoms with Crippen molar-refractivity contribution in [2.24, 2.45) is 0 Å². The van der Waals surface area contributed by atoms with Crippen LogP contribution in [0.1, 0.15) is 38.0 Å². The lowest BCUT2D eigenvalue weighted by Gasteiger charge is -2.20. The normalized spacial score (nSPS) is 12.9. The topological polar surface area (TPSA) is 58.6 Å². The minimum absolute atomic E-state index is 0.137. The summed E-state index contributed by atoms with van der Waals surface area (Å²) in [4.78, 5) is 11.4. The van der Waals surface area contributed by atoms with Crippen LogP contribution in [-0.4, -0.2) is 23.3 Å². The lowest BCUT2D eigenvalue weighted by atomic mass is 10.1. The van der Waals surface area contributed by atoms with Crippen LogP contribution in [0.25, 0.3) is 0 Å². The van der Waals surface area contributed by atoms with Crippen molar-refractivity contribution in [3.05, 3.63) is 35.4 Å². The largest absolute Gasteiger partial charge is 0.444 e. The van der Waals surface area contributed by atoms with Crippen LogP contribution in [0.5, 0.6) is 0 Å². The van der Waals surface area contributed by atoms with Crippen LogP contribution >= 0.6 is 0 Å². The summed E-state index contributed by atoms with van der Waals surface area (Å²) in [6, 6.07) is 7.53. The Morgan fingerprint density at radius 1 is 1.33 bits per heavy atom. The minimum Gasteiger partial charge on any atom is -0.444 e. The number of nitrogens with one attached hydrogen (secondary N) is 1. The van der Waals surface area contributed by atoms with Crippen molar-refractivity contribution in [3.63, 3.8) is 0 Å².